The van der Waals surface area contributed by atoms with Crippen LogP contribution >= 0.6 is 0 Å². The Morgan fingerprint density at radius 3 is 2.22 bits per heavy atom. The Morgan fingerprint density at radius 1 is 1.33 bits per heavy atom. The van der Waals surface area contributed by atoms with Crippen molar-refractivity contribution in [2.45, 2.75) is 12.5 Å². The third-order valence-corrected chi connectivity index (χ3v) is 1.99. The summed E-state index contributed by atoms with van der Waals surface area (Å²) in [6, 6.07) is 0.609. The summed E-state index contributed by atoms with van der Waals surface area (Å²) in [5, 5.41) is 0. The zero-order chi connectivity index (χ0) is 7.28. The molecule has 0 aromatic rings. The standard InChI is InChI=1S/C5H15NO2Si/c1-6(2)4-3-5-9(7)8/h7-9H,3-5H2,1-2H3. The van der Waals surface area contributed by atoms with Gasteiger partial charge in [0.15, 0.2) is 0 Å². The van der Waals surface area contributed by atoms with Gasteiger partial charge in [-0.1, -0.05) is 0 Å². The highest BCUT2D eigenvalue weighted by atomic mass is 28.3. The molecule has 0 rings (SSSR count). The van der Waals surface area contributed by atoms with Crippen LogP contribution in [0.3, 0.4) is 0 Å². The fourth-order valence-electron chi connectivity index (χ4n) is 0.590. The van der Waals surface area contributed by atoms with Crippen LogP contribution in [0.5, 0.6) is 0 Å². The molecule has 0 aromatic heterocycles. The second-order valence-electron chi connectivity index (χ2n) is 2.43. The van der Waals surface area contributed by atoms with Crippen molar-refractivity contribution in [2.75, 3.05) is 20.6 Å². The Kier molecular flexibility index (Phi) is 4.98. The summed E-state index contributed by atoms with van der Waals surface area (Å²) in [6.07, 6.45) is 0.900. The molecule has 0 fully saturated rings. The molecule has 0 aromatic carbocycles. The van der Waals surface area contributed by atoms with Crippen LogP contribution in [0.15, 0.2) is 0 Å². The van der Waals surface area contributed by atoms with Crippen molar-refractivity contribution < 1.29 is 9.59 Å². The van der Waals surface area contributed by atoms with E-state index in [2.05, 4.69) is 0 Å². The number of rotatable bonds is 4. The fourth-order valence-corrected chi connectivity index (χ4v) is 1.14. The van der Waals surface area contributed by atoms with Crippen LogP contribution in [0, 0.1) is 0 Å². The van der Waals surface area contributed by atoms with Gasteiger partial charge >= 0.3 is 9.28 Å². The van der Waals surface area contributed by atoms with Crippen molar-refractivity contribution in [3.05, 3.63) is 0 Å². The number of hydrogen-bond donors (Lipinski definition) is 2. The van der Waals surface area contributed by atoms with E-state index in [-0.39, 0.29) is 0 Å². The van der Waals surface area contributed by atoms with E-state index < -0.39 is 9.28 Å². The topological polar surface area (TPSA) is 43.7 Å². The highest BCUT2D eigenvalue weighted by molar-refractivity contribution is 6.40. The van der Waals surface area contributed by atoms with Gasteiger partial charge in [0.1, 0.15) is 0 Å². The molecule has 0 heterocycles. The Hall–Kier alpha value is 0.0969. The zero-order valence-electron chi connectivity index (χ0n) is 6.04. The highest BCUT2D eigenvalue weighted by Crippen LogP contribution is 1.92. The highest BCUT2D eigenvalue weighted by Gasteiger charge is 2.00. The van der Waals surface area contributed by atoms with E-state index in [1.165, 1.54) is 0 Å². The van der Waals surface area contributed by atoms with Gasteiger partial charge in [-0.2, -0.15) is 0 Å². The minimum atomic E-state index is -2.26. The monoisotopic (exact) mass is 149 g/mol. The quantitative estimate of drug-likeness (QED) is 0.511. The molecule has 0 radical (unpaired) electrons. The molecule has 0 unspecified atom stereocenters. The van der Waals surface area contributed by atoms with Gasteiger partial charge in [0.25, 0.3) is 0 Å². The van der Waals surface area contributed by atoms with Gasteiger partial charge in [-0.3, -0.25) is 0 Å². The molecule has 0 amide bonds. The second-order valence-corrected chi connectivity index (χ2v) is 3.96. The molecule has 9 heavy (non-hydrogen) atoms. The summed E-state index contributed by atoms with van der Waals surface area (Å²) in [7, 11) is 1.70. The Labute approximate surface area is 57.8 Å². The first kappa shape index (κ1) is 9.10. The van der Waals surface area contributed by atoms with Crippen molar-refractivity contribution in [1.82, 2.24) is 4.90 Å². The largest absolute Gasteiger partial charge is 0.413 e. The molecule has 0 spiro atoms. The molecule has 4 heteroatoms. The minimum Gasteiger partial charge on any atom is -0.413 e. The lowest BCUT2D eigenvalue weighted by Crippen LogP contribution is -2.17. The molecule has 0 atom stereocenters. The average molecular weight is 149 g/mol. The lowest BCUT2D eigenvalue weighted by molar-refractivity contribution is 0.378. The predicted molar refractivity (Wildman–Crippen MR) is 39.6 cm³/mol. The third-order valence-electron chi connectivity index (χ3n) is 1.07. The normalized spacial score (nSPS) is 11.3. The summed E-state index contributed by atoms with van der Waals surface area (Å²) in [5.41, 5.74) is 0. The maximum Gasteiger partial charge on any atom is 0.316 e. The van der Waals surface area contributed by atoms with Gasteiger partial charge in [0.05, 0.1) is 0 Å². The van der Waals surface area contributed by atoms with Crippen LogP contribution < -0.4 is 0 Å². The van der Waals surface area contributed by atoms with Crippen molar-refractivity contribution in [2.24, 2.45) is 0 Å². The van der Waals surface area contributed by atoms with E-state index in [1.807, 2.05) is 19.0 Å². The molecular weight excluding hydrogens is 134 g/mol. The van der Waals surface area contributed by atoms with Crippen molar-refractivity contribution in [1.29, 1.82) is 0 Å². The van der Waals surface area contributed by atoms with Gasteiger partial charge in [-0.15, -0.1) is 0 Å². The van der Waals surface area contributed by atoms with Crippen LogP contribution in [0.4, 0.5) is 0 Å². The summed E-state index contributed by atoms with van der Waals surface area (Å²) >= 11 is 0. The Morgan fingerprint density at radius 2 is 1.89 bits per heavy atom. The van der Waals surface area contributed by atoms with E-state index in [4.69, 9.17) is 9.59 Å². The molecule has 0 aliphatic rings. The smallest absolute Gasteiger partial charge is 0.316 e. The third kappa shape index (κ3) is 8.10. The maximum atomic E-state index is 8.54. The Balaban J connectivity index is 2.91. The Bertz CT molecular complexity index is 60.0. The van der Waals surface area contributed by atoms with E-state index in [9.17, 15) is 0 Å². The first-order chi connectivity index (χ1) is 4.13. The van der Waals surface area contributed by atoms with E-state index in [0.29, 0.717) is 6.04 Å². The van der Waals surface area contributed by atoms with Crippen LogP contribution in [-0.2, 0) is 0 Å². The summed E-state index contributed by atoms with van der Waals surface area (Å²) in [6.45, 7) is 0.949. The van der Waals surface area contributed by atoms with Gasteiger partial charge < -0.3 is 14.5 Å². The lowest BCUT2D eigenvalue weighted by Gasteiger charge is -2.08. The maximum absolute atomic E-state index is 8.54. The molecule has 0 bridgehead atoms. The summed E-state index contributed by atoms with van der Waals surface area (Å²) in [4.78, 5) is 19.1. The number of hydrogen-bond acceptors (Lipinski definition) is 3. The van der Waals surface area contributed by atoms with Crippen LogP contribution in [-0.4, -0.2) is 44.4 Å². The minimum absolute atomic E-state index is 0.609. The van der Waals surface area contributed by atoms with E-state index >= 15 is 0 Å². The summed E-state index contributed by atoms with van der Waals surface area (Å²) < 4.78 is 0. The van der Waals surface area contributed by atoms with E-state index in [1.54, 1.807) is 0 Å². The first-order valence-electron chi connectivity index (χ1n) is 3.14. The molecule has 0 saturated heterocycles. The van der Waals surface area contributed by atoms with Gasteiger partial charge in [0.2, 0.25) is 0 Å². The predicted octanol–water partition coefficient (Wildman–Crippen LogP) is -0.857. The average Bonchev–Trinajstić information content (AvgIpc) is 1.63. The first-order valence-corrected chi connectivity index (χ1v) is 4.98. The van der Waals surface area contributed by atoms with Crippen LogP contribution in [0.1, 0.15) is 6.42 Å². The van der Waals surface area contributed by atoms with Gasteiger partial charge in [-0.25, -0.2) is 0 Å². The summed E-state index contributed by atoms with van der Waals surface area (Å²) in [5.74, 6) is 0. The number of nitrogens with zero attached hydrogens (tertiary/aromatic N) is 1. The lowest BCUT2D eigenvalue weighted by atomic mass is 10.5. The molecule has 0 aliphatic heterocycles. The molecule has 3 nitrogen and oxygen atoms in total. The van der Waals surface area contributed by atoms with Gasteiger partial charge in [0, 0.05) is 0 Å². The molecule has 0 aliphatic carbocycles. The molecule has 0 saturated carbocycles. The molecular formula is C5H15NO2Si. The second kappa shape index (κ2) is 4.93. The van der Waals surface area contributed by atoms with Crippen LogP contribution in [0.2, 0.25) is 6.04 Å². The zero-order valence-corrected chi connectivity index (χ0v) is 7.20. The van der Waals surface area contributed by atoms with Crippen molar-refractivity contribution in [3.8, 4) is 0 Å². The fraction of sp³-hybridized carbons (Fsp3) is 1.00. The molecule has 56 valence electrons. The van der Waals surface area contributed by atoms with Crippen molar-refractivity contribution >= 4 is 9.28 Å². The van der Waals surface area contributed by atoms with E-state index in [0.717, 1.165) is 13.0 Å². The SMILES string of the molecule is CN(C)CCC[SiH](O)O. The van der Waals surface area contributed by atoms with Gasteiger partial charge in [-0.05, 0) is 33.1 Å². The van der Waals surface area contributed by atoms with Crippen molar-refractivity contribution in [3.63, 3.8) is 0 Å². The van der Waals surface area contributed by atoms with Crippen LogP contribution in [0.25, 0.3) is 0 Å². The molecule has 2 N–H and O–H groups in total.